The van der Waals surface area contributed by atoms with Crippen LogP contribution in [0.15, 0.2) is 43.0 Å². The van der Waals surface area contributed by atoms with Gasteiger partial charge in [-0.1, -0.05) is 36.9 Å². The van der Waals surface area contributed by atoms with E-state index in [4.69, 9.17) is 16.3 Å². The molecule has 0 fully saturated rings. The summed E-state index contributed by atoms with van der Waals surface area (Å²) in [5, 5.41) is -0.305. The number of hydrogen-bond acceptors (Lipinski definition) is 2. The maximum Gasteiger partial charge on any atom is 0.330 e. The monoisotopic (exact) mass is 210 g/mol. The van der Waals surface area contributed by atoms with E-state index in [1.54, 1.807) is 0 Å². The van der Waals surface area contributed by atoms with E-state index < -0.39 is 5.97 Å². The fourth-order valence-corrected chi connectivity index (χ4v) is 1.18. The van der Waals surface area contributed by atoms with E-state index in [1.807, 2.05) is 30.3 Å². The Morgan fingerprint density at radius 1 is 1.50 bits per heavy atom. The normalized spacial score (nSPS) is 11.8. The van der Waals surface area contributed by atoms with Crippen molar-refractivity contribution in [3.05, 3.63) is 48.6 Å². The first-order valence-corrected chi connectivity index (χ1v) is 4.66. The lowest BCUT2D eigenvalue weighted by molar-refractivity contribution is -0.137. The highest BCUT2D eigenvalue weighted by Gasteiger charge is 2.08. The van der Waals surface area contributed by atoms with Crippen molar-refractivity contribution >= 4 is 17.6 Å². The minimum absolute atomic E-state index is 0.163. The SMILES string of the molecule is C=CC(=O)OCC(Cl)c1ccccc1. The Balaban J connectivity index is 2.47. The highest BCUT2D eigenvalue weighted by molar-refractivity contribution is 6.21. The molecule has 0 aliphatic carbocycles. The summed E-state index contributed by atoms with van der Waals surface area (Å²) in [5.74, 6) is -0.452. The van der Waals surface area contributed by atoms with Gasteiger partial charge in [-0.15, -0.1) is 11.6 Å². The molecule has 0 N–H and O–H groups in total. The molecule has 0 saturated carbocycles. The van der Waals surface area contributed by atoms with Crippen molar-refractivity contribution in [2.45, 2.75) is 5.38 Å². The second kappa shape index (κ2) is 5.45. The van der Waals surface area contributed by atoms with Crippen LogP contribution in [0.25, 0.3) is 0 Å². The highest BCUT2D eigenvalue weighted by Crippen LogP contribution is 2.19. The van der Waals surface area contributed by atoms with Crippen molar-refractivity contribution in [1.82, 2.24) is 0 Å². The molecule has 74 valence electrons. The molecule has 3 heteroatoms. The fourth-order valence-electron chi connectivity index (χ4n) is 0.972. The van der Waals surface area contributed by atoms with Crippen LogP contribution in [0.2, 0.25) is 0 Å². The van der Waals surface area contributed by atoms with E-state index in [2.05, 4.69) is 6.58 Å². The Kier molecular flexibility index (Phi) is 4.20. The van der Waals surface area contributed by atoms with Crippen molar-refractivity contribution in [3.63, 3.8) is 0 Å². The smallest absolute Gasteiger partial charge is 0.330 e. The molecule has 0 radical (unpaired) electrons. The minimum Gasteiger partial charge on any atom is -0.461 e. The molecule has 0 amide bonds. The van der Waals surface area contributed by atoms with Crippen LogP contribution in [-0.2, 0) is 9.53 Å². The second-order valence-corrected chi connectivity index (χ2v) is 3.24. The molecule has 1 aromatic rings. The summed E-state index contributed by atoms with van der Waals surface area (Å²) in [6.07, 6.45) is 1.12. The average Bonchev–Trinajstić information content (AvgIpc) is 2.26. The molecule has 1 aromatic carbocycles. The first-order valence-electron chi connectivity index (χ1n) is 4.22. The summed E-state index contributed by atoms with van der Waals surface area (Å²) < 4.78 is 4.82. The van der Waals surface area contributed by atoms with Crippen molar-refractivity contribution in [2.24, 2.45) is 0 Å². The molecule has 0 aromatic heterocycles. The predicted octanol–water partition coefficient (Wildman–Crippen LogP) is 2.70. The Bertz CT molecular complexity index is 308. The third kappa shape index (κ3) is 3.23. The van der Waals surface area contributed by atoms with Gasteiger partial charge in [0.25, 0.3) is 0 Å². The van der Waals surface area contributed by atoms with E-state index in [0.29, 0.717) is 0 Å². The number of hydrogen-bond donors (Lipinski definition) is 0. The molecule has 0 saturated heterocycles. The largest absolute Gasteiger partial charge is 0.461 e. The van der Waals surface area contributed by atoms with Gasteiger partial charge in [0.1, 0.15) is 6.61 Å². The standard InChI is InChI=1S/C11H11ClO2/c1-2-11(13)14-8-10(12)9-6-4-3-5-7-9/h2-7,10H,1,8H2. The fraction of sp³-hybridized carbons (Fsp3) is 0.182. The molecule has 0 aliphatic heterocycles. The van der Waals surface area contributed by atoms with Crippen LogP contribution in [0.4, 0.5) is 0 Å². The number of halogens is 1. The van der Waals surface area contributed by atoms with Gasteiger partial charge in [-0.2, -0.15) is 0 Å². The van der Waals surface area contributed by atoms with Crippen molar-refractivity contribution in [2.75, 3.05) is 6.61 Å². The summed E-state index contributed by atoms with van der Waals surface area (Å²) in [6.45, 7) is 3.46. The maximum absolute atomic E-state index is 10.7. The van der Waals surface area contributed by atoms with Crippen LogP contribution in [0.1, 0.15) is 10.9 Å². The lowest BCUT2D eigenvalue weighted by Crippen LogP contribution is -2.06. The summed E-state index contributed by atoms with van der Waals surface area (Å²) >= 11 is 6.00. The number of carbonyl (C=O) groups excluding carboxylic acids is 1. The maximum atomic E-state index is 10.7. The van der Waals surface area contributed by atoms with Gasteiger partial charge in [0.15, 0.2) is 0 Å². The van der Waals surface area contributed by atoms with Gasteiger partial charge in [-0.05, 0) is 5.56 Å². The molecule has 1 unspecified atom stereocenters. The summed E-state index contributed by atoms with van der Waals surface area (Å²) in [6, 6.07) is 9.46. The second-order valence-electron chi connectivity index (χ2n) is 2.71. The van der Waals surface area contributed by atoms with Gasteiger partial charge in [0.2, 0.25) is 0 Å². The lowest BCUT2D eigenvalue weighted by atomic mass is 10.2. The lowest BCUT2D eigenvalue weighted by Gasteiger charge is -2.08. The number of benzene rings is 1. The quantitative estimate of drug-likeness (QED) is 0.434. The Morgan fingerprint density at radius 3 is 2.71 bits per heavy atom. The molecule has 2 nitrogen and oxygen atoms in total. The van der Waals surface area contributed by atoms with Gasteiger partial charge < -0.3 is 4.74 Å². The van der Waals surface area contributed by atoms with E-state index in [9.17, 15) is 4.79 Å². The third-order valence-corrected chi connectivity index (χ3v) is 2.08. The van der Waals surface area contributed by atoms with Crippen LogP contribution in [0.5, 0.6) is 0 Å². The number of ether oxygens (including phenoxy) is 1. The van der Waals surface area contributed by atoms with Gasteiger partial charge >= 0.3 is 5.97 Å². The van der Waals surface area contributed by atoms with Gasteiger partial charge in [0.05, 0.1) is 5.38 Å². The first-order chi connectivity index (χ1) is 6.74. The molecule has 14 heavy (non-hydrogen) atoms. The Labute approximate surface area is 88.1 Å². The zero-order valence-electron chi connectivity index (χ0n) is 7.65. The predicted molar refractivity (Wildman–Crippen MR) is 56.2 cm³/mol. The number of rotatable bonds is 4. The van der Waals surface area contributed by atoms with E-state index in [1.165, 1.54) is 0 Å². The van der Waals surface area contributed by atoms with E-state index in [0.717, 1.165) is 11.6 Å². The summed E-state index contributed by atoms with van der Waals surface area (Å²) in [7, 11) is 0. The molecular formula is C11H11ClO2. The molecule has 1 atom stereocenters. The molecule has 0 aliphatic rings. The molecule has 0 spiro atoms. The van der Waals surface area contributed by atoms with Crippen LogP contribution in [-0.4, -0.2) is 12.6 Å². The Morgan fingerprint density at radius 2 is 2.14 bits per heavy atom. The molecule has 1 rings (SSSR count). The van der Waals surface area contributed by atoms with Crippen molar-refractivity contribution in [3.8, 4) is 0 Å². The van der Waals surface area contributed by atoms with Crippen LogP contribution < -0.4 is 0 Å². The summed E-state index contributed by atoms with van der Waals surface area (Å²) in [4.78, 5) is 10.7. The molecular weight excluding hydrogens is 200 g/mol. The van der Waals surface area contributed by atoms with Gasteiger partial charge in [-0.25, -0.2) is 4.79 Å². The molecule has 0 bridgehead atoms. The minimum atomic E-state index is -0.452. The highest BCUT2D eigenvalue weighted by atomic mass is 35.5. The van der Waals surface area contributed by atoms with E-state index >= 15 is 0 Å². The zero-order valence-corrected chi connectivity index (χ0v) is 8.41. The third-order valence-electron chi connectivity index (χ3n) is 1.70. The van der Waals surface area contributed by atoms with Crippen molar-refractivity contribution < 1.29 is 9.53 Å². The summed E-state index contributed by atoms with van der Waals surface area (Å²) in [5.41, 5.74) is 0.936. The zero-order chi connectivity index (χ0) is 10.4. The van der Waals surface area contributed by atoms with E-state index in [-0.39, 0.29) is 12.0 Å². The Hall–Kier alpha value is -1.28. The van der Waals surface area contributed by atoms with Crippen LogP contribution >= 0.6 is 11.6 Å². The number of carbonyl (C=O) groups is 1. The van der Waals surface area contributed by atoms with Crippen LogP contribution in [0, 0.1) is 0 Å². The van der Waals surface area contributed by atoms with Crippen LogP contribution in [0.3, 0.4) is 0 Å². The molecule has 0 heterocycles. The topological polar surface area (TPSA) is 26.3 Å². The number of esters is 1. The first kappa shape index (κ1) is 10.8. The van der Waals surface area contributed by atoms with Crippen molar-refractivity contribution in [1.29, 1.82) is 0 Å². The van der Waals surface area contributed by atoms with Gasteiger partial charge in [0, 0.05) is 6.08 Å². The number of alkyl halides is 1. The average molecular weight is 211 g/mol. The van der Waals surface area contributed by atoms with Gasteiger partial charge in [-0.3, -0.25) is 0 Å².